The Bertz CT molecular complexity index is 530. The minimum absolute atomic E-state index is 0.0293. The number of carbonyl (C=O) groups is 2. The van der Waals surface area contributed by atoms with Crippen LogP contribution in [0.15, 0.2) is 36.0 Å². The molecule has 5 heteroatoms. The van der Waals surface area contributed by atoms with Crippen molar-refractivity contribution in [3.05, 3.63) is 41.6 Å². The van der Waals surface area contributed by atoms with Gasteiger partial charge >= 0.3 is 6.03 Å². The molecule has 0 atom stereocenters. The van der Waals surface area contributed by atoms with Crippen LogP contribution < -0.4 is 10.6 Å². The summed E-state index contributed by atoms with van der Waals surface area (Å²) in [4.78, 5) is 23.0. The van der Waals surface area contributed by atoms with Crippen LogP contribution in [0, 0.1) is 0 Å². The third-order valence-electron chi connectivity index (χ3n) is 3.07. The zero-order chi connectivity index (χ0) is 14.4. The number of Topliss-reactive ketones (excluding diaryl/α,β-unsaturated/α-hetero) is 1. The summed E-state index contributed by atoms with van der Waals surface area (Å²) in [5.41, 5.74) is 2.34. The van der Waals surface area contributed by atoms with Gasteiger partial charge in [-0.2, -0.15) is 0 Å². The molecule has 106 valence electrons. The fourth-order valence-electron chi connectivity index (χ4n) is 1.93. The first kappa shape index (κ1) is 14.3. The molecule has 5 nitrogen and oxygen atoms in total. The highest BCUT2D eigenvalue weighted by Gasteiger charge is 2.07. The van der Waals surface area contributed by atoms with E-state index < -0.39 is 0 Å². The molecular weight excluding hydrogens is 256 g/mol. The summed E-state index contributed by atoms with van der Waals surface area (Å²) in [5.74, 6) is -0.0293. The summed E-state index contributed by atoms with van der Waals surface area (Å²) >= 11 is 0. The standard InChI is InChI=1S/C15H18N2O3/c1-11(18)13-3-2-4-14(9-13)17-15(19)16-10-12-5-7-20-8-6-12/h2-4,9-10H,5-8H2,1H3,(H2,16,17,19). The molecule has 1 aromatic carbocycles. The van der Waals surface area contributed by atoms with Gasteiger partial charge in [0.15, 0.2) is 5.78 Å². The average molecular weight is 274 g/mol. The quantitative estimate of drug-likeness (QED) is 0.833. The molecule has 0 aromatic heterocycles. The first-order chi connectivity index (χ1) is 9.65. The summed E-state index contributed by atoms with van der Waals surface area (Å²) in [6.07, 6.45) is 3.42. The highest BCUT2D eigenvalue weighted by atomic mass is 16.5. The summed E-state index contributed by atoms with van der Waals surface area (Å²) < 4.78 is 5.24. The van der Waals surface area contributed by atoms with Gasteiger partial charge in [-0.15, -0.1) is 0 Å². The molecule has 1 aliphatic rings. The Morgan fingerprint density at radius 1 is 1.25 bits per heavy atom. The smallest absolute Gasteiger partial charge is 0.323 e. The molecule has 2 amide bonds. The highest BCUT2D eigenvalue weighted by Crippen LogP contribution is 2.13. The lowest BCUT2D eigenvalue weighted by Gasteiger charge is -2.14. The third-order valence-corrected chi connectivity index (χ3v) is 3.07. The maximum absolute atomic E-state index is 11.8. The van der Waals surface area contributed by atoms with Crippen molar-refractivity contribution in [1.29, 1.82) is 0 Å². The van der Waals surface area contributed by atoms with Gasteiger partial charge in [-0.05, 0) is 37.5 Å². The third kappa shape index (κ3) is 4.20. The second-order valence-electron chi connectivity index (χ2n) is 4.65. The van der Waals surface area contributed by atoms with E-state index in [2.05, 4.69) is 10.6 Å². The maximum Gasteiger partial charge on any atom is 0.323 e. The van der Waals surface area contributed by atoms with Crippen LogP contribution in [-0.4, -0.2) is 25.0 Å². The van der Waals surface area contributed by atoms with Gasteiger partial charge in [-0.1, -0.05) is 12.1 Å². The lowest BCUT2D eigenvalue weighted by atomic mass is 10.1. The normalized spacial score (nSPS) is 14.6. The SMILES string of the molecule is CC(=O)c1cccc(NC(=O)NC=C2CCOCC2)c1. The molecule has 0 aliphatic carbocycles. The van der Waals surface area contributed by atoms with Gasteiger partial charge in [0.05, 0.1) is 13.2 Å². The number of benzene rings is 1. The molecular formula is C15H18N2O3. The molecule has 20 heavy (non-hydrogen) atoms. The minimum Gasteiger partial charge on any atom is -0.381 e. The molecule has 2 rings (SSSR count). The number of rotatable bonds is 3. The van der Waals surface area contributed by atoms with Crippen LogP contribution in [0.3, 0.4) is 0 Å². The molecule has 1 heterocycles. The van der Waals surface area contributed by atoms with Crippen LogP contribution in [0.5, 0.6) is 0 Å². The molecule has 1 aromatic rings. The number of hydrogen-bond acceptors (Lipinski definition) is 3. The minimum atomic E-state index is -0.315. The van der Waals surface area contributed by atoms with Gasteiger partial charge in [0, 0.05) is 17.5 Å². The summed E-state index contributed by atoms with van der Waals surface area (Å²) in [5, 5.41) is 5.40. The van der Waals surface area contributed by atoms with Gasteiger partial charge in [-0.25, -0.2) is 4.79 Å². The van der Waals surface area contributed by atoms with Gasteiger partial charge in [0.25, 0.3) is 0 Å². The molecule has 1 saturated heterocycles. The van der Waals surface area contributed by atoms with E-state index in [0.717, 1.165) is 12.8 Å². The number of urea groups is 1. The molecule has 1 fully saturated rings. The zero-order valence-electron chi connectivity index (χ0n) is 11.4. The number of ketones is 1. The largest absolute Gasteiger partial charge is 0.381 e. The molecule has 0 bridgehead atoms. The lowest BCUT2D eigenvalue weighted by Crippen LogP contribution is -2.25. The van der Waals surface area contributed by atoms with Crippen molar-refractivity contribution < 1.29 is 14.3 Å². The van der Waals surface area contributed by atoms with Gasteiger partial charge in [-0.3, -0.25) is 4.79 Å². The Balaban J connectivity index is 1.91. The number of nitrogens with one attached hydrogen (secondary N) is 2. The van der Waals surface area contributed by atoms with Crippen LogP contribution >= 0.6 is 0 Å². The van der Waals surface area contributed by atoms with Crippen molar-refractivity contribution >= 4 is 17.5 Å². The predicted octanol–water partition coefficient (Wildman–Crippen LogP) is 2.71. The molecule has 0 spiro atoms. The Labute approximate surface area is 118 Å². The number of hydrogen-bond donors (Lipinski definition) is 2. The summed E-state index contributed by atoms with van der Waals surface area (Å²) in [6.45, 7) is 2.90. The van der Waals surface area contributed by atoms with E-state index in [1.54, 1.807) is 30.5 Å². The Hall–Kier alpha value is -2.14. The van der Waals surface area contributed by atoms with Gasteiger partial charge in [0.1, 0.15) is 0 Å². The summed E-state index contributed by atoms with van der Waals surface area (Å²) in [6, 6.07) is 6.54. The van der Waals surface area contributed by atoms with Crippen molar-refractivity contribution in [2.45, 2.75) is 19.8 Å². The second kappa shape index (κ2) is 6.86. The molecule has 1 aliphatic heterocycles. The predicted molar refractivity (Wildman–Crippen MR) is 76.7 cm³/mol. The van der Waals surface area contributed by atoms with Crippen molar-refractivity contribution in [1.82, 2.24) is 5.32 Å². The molecule has 2 N–H and O–H groups in total. The van der Waals surface area contributed by atoms with Crippen LogP contribution in [0.2, 0.25) is 0 Å². The lowest BCUT2D eigenvalue weighted by molar-refractivity contribution is 0.101. The second-order valence-corrected chi connectivity index (χ2v) is 4.65. The van der Waals surface area contributed by atoms with Gasteiger partial charge in [0.2, 0.25) is 0 Å². The van der Waals surface area contributed by atoms with E-state index in [1.165, 1.54) is 12.5 Å². The first-order valence-corrected chi connectivity index (χ1v) is 6.59. The number of amides is 2. The number of ether oxygens (including phenoxy) is 1. The van der Waals surface area contributed by atoms with E-state index in [4.69, 9.17) is 4.74 Å². The van der Waals surface area contributed by atoms with Crippen molar-refractivity contribution in [2.75, 3.05) is 18.5 Å². The first-order valence-electron chi connectivity index (χ1n) is 6.59. The molecule has 0 saturated carbocycles. The number of carbonyl (C=O) groups excluding carboxylic acids is 2. The zero-order valence-corrected chi connectivity index (χ0v) is 11.4. The van der Waals surface area contributed by atoms with Gasteiger partial charge < -0.3 is 15.4 Å². The Kier molecular flexibility index (Phi) is 4.90. The van der Waals surface area contributed by atoms with Crippen LogP contribution in [0.1, 0.15) is 30.1 Å². The van der Waals surface area contributed by atoms with E-state index in [0.29, 0.717) is 24.5 Å². The van der Waals surface area contributed by atoms with E-state index >= 15 is 0 Å². The average Bonchev–Trinajstić information content (AvgIpc) is 2.46. The van der Waals surface area contributed by atoms with Crippen LogP contribution in [0.4, 0.5) is 10.5 Å². The maximum atomic E-state index is 11.8. The van der Waals surface area contributed by atoms with Crippen molar-refractivity contribution in [3.8, 4) is 0 Å². The van der Waals surface area contributed by atoms with E-state index in [-0.39, 0.29) is 11.8 Å². The summed E-state index contributed by atoms with van der Waals surface area (Å²) in [7, 11) is 0. The van der Waals surface area contributed by atoms with Crippen molar-refractivity contribution in [2.24, 2.45) is 0 Å². The Morgan fingerprint density at radius 2 is 2.00 bits per heavy atom. The molecule has 0 radical (unpaired) electrons. The number of anilines is 1. The van der Waals surface area contributed by atoms with Crippen LogP contribution in [-0.2, 0) is 4.74 Å². The fraction of sp³-hybridized carbons (Fsp3) is 0.333. The fourth-order valence-corrected chi connectivity index (χ4v) is 1.93. The van der Waals surface area contributed by atoms with Crippen molar-refractivity contribution in [3.63, 3.8) is 0 Å². The van der Waals surface area contributed by atoms with Crippen LogP contribution in [0.25, 0.3) is 0 Å². The van der Waals surface area contributed by atoms with E-state index in [1.807, 2.05) is 0 Å². The molecule has 0 unspecified atom stereocenters. The highest BCUT2D eigenvalue weighted by molar-refractivity contribution is 5.96. The topological polar surface area (TPSA) is 67.4 Å². The van der Waals surface area contributed by atoms with E-state index in [9.17, 15) is 9.59 Å². The monoisotopic (exact) mass is 274 g/mol. The Morgan fingerprint density at radius 3 is 2.70 bits per heavy atom.